The van der Waals surface area contributed by atoms with E-state index in [-0.39, 0.29) is 5.92 Å². The fraction of sp³-hybridized carbons (Fsp3) is 0.812. The first-order valence-electron chi connectivity index (χ1n) is 7.59. The highest BCUT2D eigenvalue weighted by atomic mass is 16.2. The van der Waals surface area contributed by atoms with Crippen LogP contribution in [-0.2, 0) is 4.79 Å². The van der Waals surface area contributed by atoms with Gasteiger partial charge in [-0.15, -0.1) is 0 Å². The van der Waals surface area contributed by atoms with Crippen molar-refractivity contribution in [2.45, 2.75) is 40.5 Å². The number of carbonyl (C=O) groups excluding carboxylic acids is 1. The van der Waals surface area contributed by atoms with Crippen LogP contribution in [0.1, 0.15) is 40.5 Å². The van der Waals surface area contributed by atoms with Crippen molar-refractivity contribution in [2.75, 3.05) is 32.7 Å². The lowest BCUT2D eigenvalue weighted by atomic mass is 9.94. The zero-order valence-corrected chi connectivity index (χ0v) is 13.1. The molecular weight excluding hydrogens is 236 g/mol. The highest BCUT2D eigenvalue weighted by Crippen LogP contribution is 2.20. The van der Waals surface area contributed by atoms with E-state index in [9.17, 15) is 4.79 Å². The largest absolute Gasteiger partial charge is 0.339 e. The molecule has 0 radical (unpaired) electrons. The maximum atomic E-state index is 12.5. The summed E-state index contributed by atoms with van der Waals surface area (Å²) in [5.74, 6) is 1.26. The molecule has 0 unspecified atom stereocenters. The summed E-state index contributed by atoms with van der Waals surface area (Å²) in [5, 5.41) is 0. The van der Waals surface area contributed by atoms with Crippen LogP contribution in [0, 0.1) is 11.8 Å². The number of hydrogen-bond donors (Lipinski definition) is 0. The Balaban J connectivity index is 2.45. The lowest BCUT2D eigenvalue weighted by molar-refractivity contribution is -0.136. The van der Waals surface area contributed by atoms with Crippen molar-refractivity contribution >= 4 is 5.91 Å². The molecule has 0 aliphatic carbocycles. The highest BCUT2D eigenvalue weighted by Gasteiger charge is 2.27. The number of nitrogens with zero attached hydrogens (tertiary/aromatic N) is 2. The van der Waals surface area contributed by atoms with Gasteiger partial charge in [0.2, 0.25) is 5.91 Å². The van der Waals surface area contributed by atoms with E-state index in [0.717, 1.165) is 44.6 Å². The van der Waals surface area contributed by atoms with Crippen LogP contribution in [0.25, 0.3) is 0 Å². The first-order valence-corrected chi connectivity index (χ1v) is 7.59. The van der Waals surface area contributed by atoms with E-state index in [4.69, 9.17) is 0 Å². The summed E-state index contributed by atoms with van der Waals surface area (Å²) in [6, 6.07) is 0. The molecule has 1 amide bonds. The van der Waals surface area contributed by atoms with Crippen molar-refractivity contribution in [3.63, 3.8) is 0 Å². The van der Waals surface area contributed by atoms with Crippen LogP contribution >= 0.6 is 0 Å². The molecule has 0 aromatic heterocycles. The SMILES string of the molecule is C=C(C)CN(CC)C(=O)C1CCN(CC(C)C)CC1. The monoisotopic (exact) mass is 266 g/mol. The van der Waals surface area contributed by atoms with Gasteiger partial charge in [-0.25, -0.2) is 0 Å². The van der Waals surface area contributed by atoms with E-state index in [1.165, 1.54) is 0 Å². The molecule has 1 saturated heterocycles. The summed E-state index contributed by atoms with van der Waals surface area (Å²) in [5.41, 5.74) is 1.06. The van der Waals surface area contributed by atoms with Crippen molar-refractivity contribution < 1.29 is 4.79 Å². The second-order valence-electron chi connectivity index (χ2n) is 6.28. The molecule has 0 aromatic carbocycles. The second kappa shape index (κ2) is 7.68. The van der Waals surface area contributed by atoms with Crippen molar-refractivity contribution in [1.29, 1.82) is 0 Å². The first-order chi connectivity index (χ1) is 8.93. The van der Waals surface area contributed by atoms with E-state index in [2.05, 4.69) is 32.3 Å². The van der Waals surface area contributed by atoms with Gasteiger partial charge in [0.25, 0.3) is 0 Å². The number of likely N-dealkylation sites (tertiary alicyclic amines) is 1. The third kappa shape index (κ3) is 5.35. The van der Waals surface area contributed by atoms with E-state index >= 15 is 0 Å². The summed E-state index contributed by atoms with van der Waals surface area (Å²) < 4.78 is 0. The Kier molecular flexibility index (Phi) is 6.56. The molecule has 3 nitrogen and oxygen atoms in total. The molecule has 1 rings (SSSR count). The molecule has 0 atom stereocenters. The fourth-order valence-corrected chi connectivity index (χ4v) is 2.81. The van der Waals surface area contributed by atoms with E-state index in [1.54, 1.807) is 0 Å². The third-order valence-corrected chi connectivity index (χ3v) is 3.71. The van der Waals surface area contributed by atoms with Crippen LogP contribution in [0.4, 0.5) is 0 Å². The molecule has 1 aliphatic heterocycles. The maximum absolute atomic E-state index is 12.5. The molecule has 19 heavy (non-hydrogen) atoms. The third-order valence-electron chi connectivity index (χ3n) is 3.71. The van der Waals surface area contributed by atoms with Gasteiger partial charge in [-0.2, -0.15) is 0 Å². The fourth-order valence-electron chi connectivity index (χ4n) is 2.81. The van der Waals surface area contributed by atoms with Gasteiger partial charge in [-0.05, 0) is 45.7 Å². The first kappa shape index (κ1) is 16.2. The van der Waals surface area contributed by atoms with Crippen molar-refractivity contribution in [1.82, 2.24) is 9.80 Å². The van der Waals surface area contributed by atoms with E-state index in [0.29, 0.717) is 18.4 Å². The van der Waals surface area contributed by atoms with Crippen LogP contribution in [-0.4, -0.2) is 48.4 Å². The maximum Gasteiger partial charge on any atom is 0.226 e. The lowest BCUT2D eigenvalue weighted by Crippen LogP contribution is -2.43. The minimum atomic E-state index is 0.225. The van der Waals surface area contributed by atoms with Crippen LogP contribution < -0.4 is 0 Å². The summed E-state index contributed by atoms with van der Waals surface area (Å²) in [6.07, 6.45) is 2.02. The molecule has 0 saturated carbocycles. The number of hydrogen-bond acceptors (Lipinski definition) is 2. The average Bonchev–Trinajstić information content (AvgIpc) is 2.35. The minimum Gasteiger partial charge on any atom is -0.339 e. The zero-order valence-electron chi connectivity index (χ0n) is 13.1. The molecule has 0 N–H and O–H groups in total. The Hall–Kier alpha value is -0.830. The van der Waals surface area contributed by atoms with E-state index < -0.39 is 0 Å². The molecule has 1 aliphatic rings. The summed E-state index contributed by atoms with van der Waals surface area (Å²) >= 11 is 0. The molecule has 110 valence electrons. The Morgan fingerprint density at radius 3 is 2.37 bits per heavy atom. The Bertz CT molecular complexity index is 304. The quantitative estimate of drug-likeness (QED) is 0.690. The van der Waals surface area contributed by atoms with Crippen molar-refractivity contribution in [3.05, 3.63) is 12.2 Å². The predicted octanol–water partition coefficient (Wildman–Crippen LogP) is 2.78. The molecule has 0 bridgehead atoms. The van der Waals surface area contributed by atoms with Gasteiger partial charge in [0, 0.05) is 25.6 Å². The summed E-state index contributed by atoms with van der Waals surface area (Å²) in [4.78, 5) is 16.9. The molecule has 1 fully saturated rings. The molecule has 0 aromatic rings. The van der Waals surface area contributed by atoms with Crippen LogP contribution in [0.15, 0.2) is 12.2 Å². The molecule has 1 heterocycles. The smallest absolute Gasteiger partial charge is 0.226 e. The molecular formula is C16H30N2O. The number of carbonyl (C=O) groups is 1. The predicted molar refractivity (Wildman–Crippen MR) is 81.1 cm³/mol. The van der Waals surface area contributed by atoms with E-state index in [1.807, 2.05) is 11.8 Å². The van der Waals surface area contributed by atoms with Gasteiger partial charge >= 0.3 is 0 Å². The summed E-state index contributed by atoms with van der Waals surface area (Å²) in [6.45, 7) is 17.3. The Labute approximate surface area is 118 Å². The average molecular weight is 266 g/mol. The van der Waals surface area contributed by atoms with Crippen molar-refractivity contribution in [2.24, 2.45) is 11.8 Å². The Morgan fingerprint density at radius 1 is 1.37 bits per heavy atom. The van der Waals surface area contributed by atoms with Gasteiger partial charge in [0.05, 0.1) is 0 Å². The Morgan fingerprint density at radius 2 is 1.95 bits per heavy atom. The topological polar surface area (TPSA) is 23.6 Å². The second-order valence-corrected chi connectivity index (χ2v) is 6.28. The minimum absolute atomic E-state index is 0.225. The number of likely N-dealkylation sites (N-methyl/N-ethyl adjacent to an activating group) is 1. The van der Waals surface area contributed by atoms with Crippen LogP contribution in [0.3, 0.4) is 0 Å². The zero-order chi connectivity index (χ0) is 14.4. The van der Waals surface area contributed by atoms with Gasteiger partial charge in [-0.1, -0.05) is 26.0 Å². The molecule has 0 spiro atoms. The normalized spacial score (nSPS) is 17.7. The number of piperidine rings is 1. The number of amides is 1. The van der Waals surface area contributed by atoms with Crippen LogP contribution in [0.2, 0.25) is 0 Å². The van der Waals surface area contributed by atoms with Gasteiger partial charge < -0.3 is 9.80 Å². The van der Waals surface area contributed by atoms with Crippen molar-refractivity contribution in [3.8, 4) is 0 Å². The van der Waals surface area contributed by atoms with Gasteiger partial charge in [0.15, 0.2) is 0 Å². The highest BCUT2D eigenvalue weighted by molar-refractivity contribution is 5.79. The number of rotatable bonds is 6. The van der Waals surface area contributed by atoms with Gasteiger partial charge in [0.1, 0.15) is 0 Å². The standard InChI is InChI=1S/C16H30N2O/c1-6-18(12-14(4)5)16(19)15-7-9-17(10-8-15)11-13(2)3/h13,15H,4,6-12H2,1-3,5H3. The lowest BCUT2D eigenvalue weighted by Gasteiger charge is -2.34. The molecule has 3 heteroatoms. The van der Waals surface area contributed by atoms with Crippen LogP contribution in [0.5, 0.6) is 0 Å². The van der Waals surface area contributed by atoms with Gasteiger partial charge in [-0.3, -0.25) is 4.79 Å². The summed E-state index contributed by atoms with van der Waals surface area (Å²) in [7, 11) is 0.